The molecule has 2 N–H and O–H groups in total. The van der Waals surface area contributed by atoms with Gasteiger partial charge in [-0.1, -0.05) is 0 Å². The van der Waals surface area contributed by atoms with Gasteiger partial charge in [-0.15, -0.1) is 0 Å². The molecule has 28 heavy (non-hydrogen) atoms. The molecule has 8 heteroatoms. The van der Waals surface area contributed by atoms with E-state index in [0.29, 0.717) is 11.4 Å². The van der Waals surface area contributed by atoms with Crippen molar-refractivity contribution in [3.8, 4) is 5.75 Å². The molecule has 0 aliphatic heterocycles. The van der Waals surface area contributed by atoms with Crippen LogP contribution in [-0.2, 0) is 13.0 Å². The van der Waals surface area contributed by atoms with Crippen LogP contribution in [0.2, 0.25) is 0 Å². The Balaban J connectivity index is 1.86. The molecule has 3 aromatic rings. The van der Waals surface area contributed by atoms with Crippen LogP contribution in [0.3, 0.4) is 0 Å². The number of halogens is 2. The Labute approximate surface area is 158 Å². The van der Waals surface area contributed by atoms with Gasteiger partial charge in [0.05, 0.1) is 11.1 Å². The van der Waals surface area contributed by atoms with Crippen molar-refractivity contribution in [2.45, 2.75) is 20.0 Å². The molecular formula is C20H16F2N2O4. The molecule has 2 heterocycles. The van der Waals surface area contributed by atoms with Gasteiger partial charge in [-0.25, -0.2) is 13.6 Å². The van der Waals surface area contributed by atoms with Crippen LogP contribution < -0.4 is 10.3 Å². The molecule has 0 aliphatic carbocycles. The molecule has 0 radical (unpaired) electrons. The number of pyridine rings is 2. The summed E-state index contributed by atoms with van der Waals surface area (Å²) in [6.45, 7) is 1.49. The van der Waals surface area contributed by atoms with Crippen LogP contribution in [0.1, 0.15) is 32.9 Å². The Hall–Kier alpha value is -3.55. The number of H-pyrrole nitrogens is 1. The summed E-state index contributed by atoms with van der Waals surface area (Å²) < 4.78 is 32.5. The van der Waals surface area contributed by atoms with Crippen molar-refractivity contribution in [1.82, 2.24) is 9.97 Å². The van der Waals surface area contributed by atoms with Crippen LogP contribution in [0.5, 0.6) is 5.75 Å². The fraction of sp³-hybridized carbons (Fsp3) is 0.150. The van der Waals surface area contributed by atoms with E-state index in [9.17, 15) is 18.4 Å². The van der Waals surface area contributed by atoms with Gasteiger partial charge in [0.15, 0.2) is 0 Å². The summed E-state index contributed by atoms with van der Waals surface area (Å²) in [7, 11) is 0. The zero-order chi connectivity index (χ0) is 20.3. The Kier molecular flexibility index (Phi) is 5.49. The molecular weight excluding hydrogens is 370 g/mol. The molecule has 0 fully saturated rings. The highest BCUT2D eigenvalue weighted by Gasteiger charge is 2.14. The summed E-state index contributed by atoms with van der Waals surface area (Å²) in [6.07, 6.45) is 1.30. The highest BCUT2D eigenvalue weighted by atomic mass is 19.1. The summed E-state index contributed by atoms with van der Waals surface area (Å²) in [4.78, 5) is 30.0. The normalized spacial score (nSPS) is 10.7. The zero-order valence-electron chi connectivity index (χ0n) is 14.8. The first kappa shape index (κ1) is 19.2. The molecule has 0 bridgehead atoms. The van der Waals surface area contributed by atoms with Gasteiger partial charge >= 0.3 is 5.97 Å². The number of nitrogens with one attached hydrogen (secondary N) is 1. The quantitative estimate of drug-likeness (QED) is 0.679. The number of hydrogen-bond acceptors (Lipinski definition) is 4. The number of aryl methyl sites for hydroxylation is 1. The minimum absolute atomic E-state index is 0.0322. The third-order valence-corrected chi connectivity index (χ3v) is 4.06. The number of aromatic amines is 1. The van der Waals surface area contributed by atoms with E-state index in [0.717, 1.165) is 12.1 Å². The highest BCUT2D eigenvalue weighted by Crippen LogP contribution is 2.21. The van der Waals surface area contributed by atoms with Crippen LogP contribution in [0, 0.1) is 18.6 Å². The summed E-state index contributed by atoms with van der Waals surface area (Å²) in [6, 6.07) is 7.66. The molecule has 144 valence electrons. The summed E-state index contributed by atoms with van der Waals surface area (Å²) in [5, 5.41) is 8.93. The predicted molar refractivity (Wildman–Crippen MR) is 96.5 cm³/mol. The van der Waals surface area contributed by atoms with Crippen LogP contribution in [0.15, 0.2) is 47.4 Å². The second-order valence-electron chi connectivity index (χ2n) is 6.17. The average molecular weight is 386 g/mol. The van der Waals surface area contributed by atoms with Gasteiger partial charge in [-0.2, -0.15) is 0 Å². The fourth-order valence-corrected chi connectivity index (χ4v) is 2.61. The number of carboxylic acid groups (broad SMARTS) is 1. The van der Waals surface area contributed by atoms with E-state index < -0.39 is 23.2 Å². The van der Waals surface area contributed by atoms with Crippen LogP contribution in [0.25, 0.3) is 0 Å². The van der Waals surface area contributed by atoms with Gasteiger partial charge in [0.25, 0.3) is 5.56 Å². The van der Waals surface area contributed by atoms with Crippen molar-refractivity contribution in [3.05, 3.63) is 92.7 Å². The van der Waals surface area contributed by atoms with Crippen molar-refractivity contribution in [1.29, 1.82) is 0 Å². The van der Waals surface area contributed by atoms with Gasteiger partial charge in [-0.3, -0.25) is 9.78 Å². The van der Waals surface area contributed by atoms with Crippen LogP contribution >= 0.6 is 0 Å². The number of ether oxygens (including phenoxy) is 1. The SMILES string of the molecule is Cc1cc(OCc2ccc(F)cc2F)c(Cc2ccc(C(=O)O)cn2)c(=O)[nH]1. The first-order chi connectivity index (χ1) is 13.3. The van der Waals surface area contributed by atoms with E-state index in [2.05, 4.69) is 9.97 Å². The third kappa shape index (κ3) is 4.40. The van der Waals surface area contributed by atoms with Crippen molar-refractivity contribution >= 4 is 5.97 Å². The number of nitrogens with zero attached hydrogens (tertiary/aromatic N) is 1. The topological polar surface area (TPSA) is 92.3 Å². The van der Waals surface area contributed by atoms with Gasteiger partial charge in [0.1, 0.15) is 24.0 Å². The molecule has 0 saturated heterocycles. The number of aromatic carboxylic acids is 1. The molecule has 0 aliphatic rings. The van der Waals surface area contributed by atoms with Crippen molar-refractivity contribution in [2.24, 2.45) is 0 Å². The predicted octanol–water partition coefficient (Wildman–Crippen LogP) is 3.22. The lowest BCUT2D eigenvalue weighted by molar-refractivity contribution is 0.0696. The van der Waals surface area contributed by atoms with E-state index in [1.54, 1.807) is 13.0 Å². The van der Waals surface area contributed by atoms with Crippen molar-refractivity contribution in [2.75, 3.05) is 0 Å². The second-order valence-corrected chi connectivity index (χ2v) is 6.17. The fourth-order valence-electron chi connectivity index (χ4n) is 2.61. The monoisotopic (exact) mass is 386 g/mol. The smallest absolute Gasteiger partial charge is 0.337 e. The first-order valence-corrected chi connectivity index (χ1v) is 8.31. The molecule has 1 aromatic carbocycles. The Bertz CT molecular complexity index is 1080. The lowest BCUT2D eigenvalue weighted by Crippen LogP contribution is -2.17. The molecule has 6 nitrogen and oxygen atoms in total. The van der Waals surface area contributed by atoms with Crippen LogP contribution in [0.4, 0.5) is 8.78 Å². The number of benzene rings is 1. The third-order valence-electron chi connectivity index (χ3n) is 4.06. The van der Waals surface area contributed by atoms with Gasteiger partial charge in [0, 0.05) is 35.6 Å². The second kappa shape index (κ2) is 7.99. The number of carbonyl (C=O) groups is 1. The highest BCUT2D eigenvalue weighted by molar-refractivity contribution is 5.87. The number of aromatic nitrogens is 2. The summed E-state index contributed by atoms with van der Waals surface area (Å²) >= 11 is 0. The largest absolute Gasteiger partial charge is 0.488 e. The maximum absolute atomic E-state index is 13.8. The molecule has 3 rings (SSSR count). The van der Waals surface area contributed by atoms with E-state index in [4.69, 9.17) is 9.84 Å². The number of carboxylic acids is 1. The summed E-state index contributed by atoms with van der Waals surface area (Å²) in [5.74, 6) is -2.29. The minimum atomic E-state index is -1.10. The molecule has 0 spiro atoms. The molecule has 0 amide bonds. The van der Waals surface area contributed by atoms with Gasteiger partial charge in [-0.05, 0) is 37.3 Å². The molecule has 0 saturated carbocycles. The van der Waals surface area contributed by atoms with Crippen molar-refractivity contribution in [3.63, 3.8) is 0 Å². The lowest BCUT2D eigenvalue weighted by Gasteiger charge is -2.12. The molecule has 0 atom stereocenters. The zero-order valence-corrected chi connectivity index (χ0v) is 14.8. The number of hydrogen-bond donors (Lipinski definition) is 2. The molecule has 0 unspecified atom stereocenters. The van der Waals surface area contributed by atoms with E-state index in [1.165, 1.54) is 24.4 Å². The maximum atomic E-state index is 13.8. The first-order valence-electron chi connectivity index (χ1n) is 8.31. The lowest BCUT2D eigenvalue weighted by atomic mass is 10.1. The maximum Gasteiger partial charge on any atom is 0.337 e. The Morgan fingerprint density at radius 2 is 2.00 bits per heavy atom. The van der Waals surface area contributed by atoms with E-state index in [1.807, 2.05) is 0 Å². The molecule has 2 aromatic heterocycles. The van der Waals surface area contributed by atoms with Gasteiger partial charge in [0.2, 0.25) is 0 Å². The number of rotatable bonds is 6. The van der Waals surface area contributed by atoms with E-state index in [-0.39, 0.29) is 35.5 Å². The van der Waals surface area contributed by atoms with Gasteiger partial charge < -0.3 is 14.8 Å². The Morgan fingerprint density at radius 1 is 1.21 bits per heavy atom. The van der Waals surface area contributed by atoms with Crippen molar-refractivity contribution < 1.29 is 23.4 Å². The van der Waals surface area contributed by atoms with Crippen LogP contribution in [-0.4, -0.2) is 21.0 Å². The minimum Gasteiger partial charge on any atom is -0.488 e. The van der Waals surface area contributed by atoms with E-state index >= 15 is 0 Å². The standard InChI is InChI=1S/C20H16F2N2O4/c1-11-6-18(28-10-13-2-4-14(21)7-17(13)22)16(19(25)24-11)8-15-5-3-12(9-23-15)20(26)27/h2-7,9H,8,10H2,1H3,(H,24,25)(H,26,27). The Morgan fingerprint density at radius 3 is 2.64 bits per heavy atom. The summed E-state index contributed by atoms with van der Waals surface area (Å²) in [5.41, 5.74) is 1.08. The average Bonchev–Trinajstić information content (AvgIpc) is 2.64.